The highest BCUT2D eigenvalue weighted by Gasteiger charge is 2.24. The smallest absolute Gasteiger partial charge is 0.227 e. The Labute approximate surface area is 145 Å². The van der Waals surface area contributed by atoms with Crippen molar-refractivity contribution in [1.29, 1.82) is 0 Å². The largest absolute Gasteiger partial charge is 0.497 e. The normalized spacial score (nSPS) is 15.3. The van der Waals surface area contributed by atoms with Crippen LogP contribution in [0, 0.1) is 0 Å². The van der Waals surface area contributed by atoms with Crippen molar-refractivity contribution in [3.63, 3.8) is 0 Å². The predicted molar refractivity (Wildman–Crippen MR) is 94.4 cm³/mol. The Balaban J connectivity index is 1.92. The number of benzene rings is 1. The van der Waals surface area contributed by atoms with Crippen LogP contribution in [0.15, 0.2) is 40.3 Å². The van der Waals surface area contributed by atoms with Gasteiger partial charge in [-0.25, -0.2) is 13.4 Å². The van der Waals surface area contributed by atoms with E-state index in [-0.39, 0.29) is 15.6 Å². The van der Waals surface area contributed by atoms with Gasteiger partial charge < -0.3 is 15.4 Å². The Morgan fingerprint density at radius 3 is 2.46 bits per heavy atom. The number of hydrogen-bond acceptors (Lipinski definition) is 8. The van der Waals surface area contributed by atoms with Gasteiger partial charge in [-0.15, -0.1) is 0 Å². The Morgan fingerprint density at radius 1 is 1.21 bits per heavy atom. The van der Waals surface area contributed by atoms with E-state index in [4.69, 9.17) is 10.5 Å². The van der Waals surface area contributed by atoms with E-state index in [0.717, 1.165) is 24.6 Å². The highest BCUT2D eigenvalue weighted by molar-refractivity contribution is 7.99. The number of aromatic nitrogens is 2. The predicted octanol–water partition coefficient (Wildman–Crippen LogP) is 1.45. The van der Waals surface area contributed by atoms with Gasteiger partial charge in [0.05, 0.1) is 18.2 Å². The van der Waals surface area contributed by atoms with Gasteiger partial charge >= 0.3 is 0 Å². The van der Waals surface area contributed by atoms with Crippen LogP contribution in [0.25, 0.3) is 0 Å². The molecule has 0 radical (unpaired) electrons. The van der Waals surface area contributed by atoms with E-state index in [9.17, 15) is 8.42 Å². The van der Waals surface area contributed by atoms with E-state index in [1.54, 1.807) is 12.1 Å². The lowest BCUT2D eigenvalue weighted by Gasteiger charge is -2.26. The fourth-order valence-electron chi connectivity index (χ4n) is 2.38. The molecule has 1 aromatic carbocycles. The lowest BCUT2D eigenvalue weighted by atomic mass is 10.3. The Morgan fingerprint density at radius 2 is 1.88 bits per heavy atom. The molecule has 0 amide bonds. The van der Waals surface area contributed by atoms with Gasteiger partial charge in [-0.1, -0.05) is 0 Å². The van der Waals surface area contributed by atoms with E-state index >= 15 is 0 Å². The van der Waals surface area contributed by atoms with Crippen LogP contribution in [0.4, 0.5) is 11.8 Å². The SMILES string of the molecule is COc1ccc(S(=O)(=O)c2cnc(N3CCSCC3)nc2N)cc1. The molecule has 128 valence electrons. The lowest BCUT2D eigenvalue weighted by molar-refractivity contribution is 0.414. The summed E-state index contributed by atoms with van der Waals surface area (Å²) in [6.07, 6.45) is 1.29. The minimum absolute atomic E-state index is 0.0333. The first-order chi connectivity index (χ1) is 11.5. The average molecular weight is 366 g/mol. The zero-order chi connectivity index (χ0) is 17.2. The highest BCUT2D eigenvalue weighted by atomic mass is 32.2. The molecule has 2 aromatic rings. The number of nitrogens with two attached hydrogens (primary N) is 1. The zero-order valence-corrected chi connectivity index (χ0v) is 14.8. The summed E-state index contributed by atoms with van der Waals surface area (Å²) in [5, 5.41) is 0. The molecule has 7 nitrogen and oxygen atoms in total. The molecule has 1 fully saturated rings. The number of anilines is 2. The summed E-state index contributed by atoms with van der Waals surface area (Å²) in [6, 6.07) is 6.13. The zero-order valence-electron chi connectivity index (χ0n) is 13.2. The second-order valence-corrected chi connectivity index (χ2v) is 8.34. The minimum atomic E-state index is -3.77. The van der Waals surface area contributed by atoms with Gasteiger partial charge in [-0.05, 0) is 24.3 Å². The van der Waals surface area contributed by atoms with Gasteiger partial charge in [0.15, 0.2) is 0 Å². The number of hydrogen-bond donors (Lipinski definition) is 1. The fraction of sp³-hybridized carbons (Fsp3) is 0.333. The lowest BCUT2D eigenvalue weighted by Crippen LogP contribution is -2.34. The van der Waals surface area contributed by atoms with Crippen LogP contribution < -0.4 is 15.4 Å². The second kappa shape index (κ2) is 6.86. The Kier molecular flexibility index (Phi) is 4.81. The van der Waals surface area contributed by atoms with Crippen molar-refractivity contribution in [2.45, 2.75) is 9.79 Å². The molecule has 0 unspecified atom stereocenters. The van der Waals surface area contributed by atoms with Crippen molar-refractivity contribution in [1.82, 2.24) is 9.97 Å². The summed E-state index contributed by atoms with van der Waals surface area (Å²) in [7, 11) is -2.25. The van der Waals surface area contributed by atoms with Crippen molar-refractivity contribution in [3.05, 3.63) is 30.5 Å². The van der Waals surface area contributed by atoms with Gasteiger partial charge in [0.1, 0.15) is 16.5 Å². The van der Waals surface area contributed by atoms with Crippen LogP contribution >= 0.6 is 11.8 Å². The van der Waals surface area contributed by atoms with Crippen LogP contribution in [0.5, 0.6) is 5.75 Å². The third kappa shape index (κ3) is 3.27. The number of rotatable bonds is 4. The molecule has 0 spiro atoms. The Bertz CT molecular complexity index is 819. The molecule has 3 rings (SSSR count). The summed E-state index contributed by atoms with van der Waals surface area (Å²) in [5.41, 5.74) is 5.92. The molecule has 2 N–H and O–H groups in total. The van der Waals surface area contributed by atoms with E-state index in [1.165, 1.54) is 25.4 Å². The van der Waals surface area contributed by atoms with E-state index in [0.29, 0.717) is 11.7 Å². The standard InChI is InChI=1S/C15H18N4O3S2/c1-22-11-2-4-12(5-3-11)24(20,21)13-10-17-15(18-14(13)16)19-6-8-23-9-7-19/h2-5,10H,6-9H2,1H3,(H2,16,17,18). The summed E-state index contributed by atoms with van der Waals surface area (Å²) >= 11 is 1.87. The monoisotopic (exact) mass is 366 g/mol. The number of nitrogen functional groups attached to an aromatic ring is 1. The van der Waals surface area contributed by atoms with Gasteiger partial charge in [0.25, 0.3) is 0 Å². The number of ether oxygens (including phenoxy) is 1. The molecule has 1 aliphatic rings. The van der Waals surface area contributed by atoms with E-state index < -0.39 is 9.84 Å². The third-order valence-corrected chi connectivity index (χ3v) is 6.45. The van der Waals surface area contributed by atoms with Crippen molar-refractivity contribution >= 4 is 33.4 Å². The van der Waals surface area contributed by atoms with Crippen molar-refractivity contribution in [2.24, 2.45) is 0 Å². The van der Waals surface area contributed by atoms with E-state index in [2.05, 4.69) is 9.97 Å². The molecule has 1 aromatic heterocycles. The molecule has 0 saturated carbocycles. The van der Waals surface area contributed by atoms with Crippen molar-refractivity contribution < 1.29 is 13.2 Å². The van der Waals surface area contributed by atoms with Gasteiger partial charge in [0.2, 0.25) is 15.8 Å². The second-order valence-electron chi connectivity index (χ2n) is 5.20. The van der Waals surface area contributed by atoms with Crippen molar-refractivity contribution in [3.8, 4) is 5.75 Å². The van der Waals surface area contributed by atoms with E-state index in [1.807, 2.05) is 16.7 Å². The molecule has 0 aliphatic carbocycles. The van der Waals surface area contributed by atoms with Crippen LogP contribution in [0.1, 0.15) is 0 Å². The first kappa shape index (κ1) is 16.8. The molecule has 2 heterocycles. The first-order valence-electron chi connectivity index (χ1n) is 7.37. The average Bonchev–Trinajstić information content (AvgIpc) is 2.62. The summed E-state index contributed by atoms with van der Waals surface area (Å²) in [4.78, 5) is 10.5. The maximum Gasteiger partial charge on any atom is 0.227 e. The molecule has 0 bridgehead atoms. The van der Waals surface area contributed by atoms with Gasteiger partial charge in [0, 0.05) is 24.6 Å². The summed E-state index contributed by atoms with van der Waals surface area (Å²) < 4.78 is 30.5. The quantitative estimate of drug-likeness (QED) is 0.868. The minimum Gasteiger partial charge on any atom is -0.497 e. The van der Waals surface area contributed by atoms with Gasteiger partial charge in [-0.3, -0.25) is 0 Å². The van der Waals surface area contributed by atoms with Crippen molar-refractivity contribution in [2.75, 3.05) is 42.3 Å². The van der Waals surface area contributed by atoms with Crippen LogP contribution in [-0.2, 0) is 9.84 Å². The van der Waals surface area contributed by atoms with Crippen LogP contribution in [0.3, 0.4) is 0 Å². The number of methoxy groups -OCH3 is 1. The summed E-state index contributed by atoms with van der Waals surface area (Å²) in [6.45, 7) is 1.66. The molecular formula is C15H18N4O3S2. The first-order valence-corrected chi connectivity index (χ1v) is 10.0. The molecule has 24 heavy (non-hydrogen) atoms. The number of sulfone groups is 1. The maximum atomic E-state index is 12.7. The number of nitrogens with zero attached hydrogens (tertiary/aromatic N) is 3. The molecule has 0 atom stereocenters. The van der Waals surface area contributed by atoms with Crippen LogP contribution in [0.2, 0.25) is 0 Å². The topological polar surface area (TPSA) is 98.4 Å². The molecule has 1 saturated heterocycles. The number of thioether (sulfide) groups is 1. The molecule has 9 heteroatoms. The van der Waals surface area contributed by atoms with Gasteiger partial charge in [-0.2, -0.15) is 16.7 Å². The highest BCUT2D eigenvalue weighted by Crippen LogP contribution is 2.27. The fourth-order valence-corrected chi connectivity index (χ4v) is 4.54. The third-order valence-electron chi connectivity index (χ3n) is 3.72. The molecule has 1 aliphatic heterocycles. The Hall–Kier alpha value is -2.00. The van der Waals surface area contributed by atoms with Crippen LogP contribution in [-0.4, -0.2) is 50.1 Å². The molecular weight excluding hydrogens is 348 g/mol. The maximum absolute atomic E-state index is 12.7. The summed E-state index contributed by atoms with van der Waals surface area (Å²) in [5.74, 6) is 3.01.